The van der Waals surface area contributed by atoms with Crippen LogP contribution in [0.2, 0.25) is 0 Å². The molecule has 2 atom stereocenters. The van der Waals surface area contributed by atoms with Crippen molar-refractivity contribution in [1.29, 1.82) is 0 Å². The van der Waals surface area contributed by atoms with E-state index in [1.54, 1.807) is 13.0 Å². The molecule has 0 bridgehead atoms. The number of hydrogen-bond donors (Lipinski definition) is 1. The van der Waals surface area contributed by atoms with Crippen LogP contribution >= 0.6 is 0 Å². The molecule has 1 N–H and O–H groups in total. The van der Waals surface area contributed by atoms with E-state index in [0.717, 1.165) is 12.0 Å². The van der Waals surface area contributed by atoms with Crippen molar-refractivity contribution in [1.82, 2.24) is 5.32 Å². The van der Waals surface area contributed by atoms with Crippen molar-refractivity contribution in [2.24, 2.45) is 0 Å². The average molecular weight is 297 g/mol. The van der Waals surface area contributed by atoms with E-state index in [1.165, 1.54) is 12.1 Å². The van der Waals surface area contributed by atoms with Gasteiger partial charge in [-0.2, -0.15) is 0 Å². The van der Waals surface area contributed by atoms with Crippen LogP contribution in [0, 0.1) is 5.82 Å². The fourth-order valence-electron chi connectivity index (χ4n) is 2.00. The smallest absolute Gasteiger partial charge is 0.347 e. The quantitative estimate of drug-likeness (QED) is 0.748. The van der Waals surface area contributed by atoms with E-state index in [1.807, 2.05) is 20.9 Å². The van der Waals surface area contributed by atoms with Crippen LogP contribution in [0.25, 0.3) is 0 Å². The van der Waals surface area contributed by atoms with Crippen LogP contribution in [-0.2, 0) is 9.53 Å². The molecule has 0 aliphatic heterocycles. The SMILES string of the molecule is CCCC(Oc1cc(F)ccc1C(C)NC)C(=O)OCC. The van der Waals surface area contributed by atoms with Gasteiger partial charge in [0.1, 0.15) is 11.6 Å². The van der Waals surface area contributed by atoms with Crippen LogP contribution in [0.3, 0.4) is 0 Å². The minimum atomic E-state index is -0.709. The number of esters is 1. The topological polar surface area (TPSA) is 47.6 Å². The zero-order valence-corrected chi connectivity index (χ0v) is 13.1. The summed E-state index contributed by atoms with van der Waals surface area (Å²) in [4.78, 5) is 11.9. The molecule has 2 unspecified atom stereocenters. The van der Waals surface area contributed by atoms with Crippen molar-refractivity contribution >= 4 is 5.97 Å². The Balaban J connectivity index is 3.01. The molecule has 118 valence electrons. The zero-order chi connectivity index (χ0) is 15.8. The lowest BCUT2D eigenvalue weighted by Gasteiger charge is -2.21. The van der Waals surface area contributed by atoms with Gasteiger partial charge >= 0.3 is 5.97 Å². The summed E-state index contributed by atoms with van der Waals surface area (Å²) in [6, 6.07) is 4.35. The van der Waals surface area contributed by atoms with Gasteiger partial charge in [0, 0.05) is 17.7 Å². The maximum atomic E-state index is 13.5. The van der Waals surface area contributed by atoms with Crippen LogP contribution in [0.5, 0.6) is 5.75 Å². The fraction of sp³-hybridized carbons (Fsp3) is 0.562. The van der Waals surface area contributed by atoms with E-state index in [0.29, 0.717) is 18.8 Å². The second-order valence-electron chi connectivity index (χ2n) is 4.84. The molecule has 0 aromatic heterocycles. The van der Waals surface area contributed by atoms with Crippen molar-refractivity contribution in [3.63, 3.8) is 0 Å². The summed E-state index contributed by atoms with van der Waals surface area (Å²) in [7, 11) is 1.81. The van der Waals surface area contributed by atoms with Crippen molar-refractivity contribution in [3.8, 4) is 5.75 Å². The van der Waals surface area contributed by atoms with Gasteiger partial charge < -0.3 is 14.8 Å². The summed E-state index contributed by atoms with van der Waals surface area (Å²) >= 11 is 0. The standard InChI is InChI=1S/C16H24FNO3/c1-5-7-14(16(19)20-6-2)21-15-10-12(17)8-9-13(15)11(3)18-4/h8-11,14,18H,5-7H2,1-4H3. The van der Waals surface area contributed by atoms with Gasteiger partial charge in [-0.3, -0.25) is 0 Å². The van der Waals surface area contributed by atoms with Crippen molar-refractivity contribution in [2.45, 2.75) is 45.8 Å². The molecule has 0 amide bonds. The van der Waals surface area contributed by atoms with E-state index < -0.39 is 17.9 Å². The molecule has 0 heterocycles. The van der Waals surface area contributed by atoms with E-state index in [2.05, 4.69) is 5.32 Å². The van der Waals surface area contributed by atoms with Crippen LogP contribution in [0.15, 0.2) is 18.2 Å². The molecule has 0 fully saturated rings. The van der Waals surface area contributed by atoms with Gasteiger partial charge in [0.15, 0.2) is 6.10 Å². The second kappa shape index (κ2) is 8.62. The molecular formula is C16H24FNO3. The Morgan fingerprint density at radius 3 is 2.67 bits per heavy atom. The van der Waals surface area contributed by atoms with Gasteiger partial charge in [0.05, 0.1) is 6.61 Å². The molecule has 1 aromatic carbocycles. The third kappa shape index (κ3) is 5.01. The third-order valence-electron chi connectivity index (χ3n) is 3.24. The molecule has 0 spiro atoms. The molecule has 21 heavy (non-hydrogen) atoms. The van der Waals surface area contributed by atoms with Gasteiger partial charge in [-0.05, 0) is 33.4 Å². The van der Waals surface area contributed by atoms with Gasteiger partial charge in [0.2, 0.25) is 0 Å². The molecule has 0 radical (unpaired) electrons. The highest BCUT2D eigenvalue weighted by Crippen LogP contribution is 2.27. The summed E-state index contributed by atoms with van der Waals surface area (Å²) in [6.07, 6.45) is 0.595. The molecule has 1 aromatic rings. The summed E-state index contributed by atoms with van der Waals surface area (Å²) in [5.41, 5.74) is 0.810. The van der Waals surface area contributed by atoms with Gasteiger partial charge in [-0.15, -0.1) is 0 Å². The Bertz CT molecular complexity index is 465. The summed E-state index contributed by atoms with van der Waals surface area (Å²) in [5.74, 6) is -0.425. The molecule has 0 aliphatic rings. The lowest BCUT2D eigenvalue weighted by molar-refractivity contribution is -0.151. The van der Waals surface area contributed by atoms with Crippen molar-refractivity contribution < 1.29 is 18.7 Å². The zero-order valence-electron chi connectivity index (χ0n) is 13.1. The molecular weight excluding hydrogens is 273 g/mol. The van der Waals surface area contributed by atoms with Gasteiger partial charge in [0.25, 0.3) is 0 Å². The normalized spacial score (nSPS) is 13.6. The Morgan fingerprint density at radius 1 is 1.38 bits per heavy atom. The van der Waals surface area contributed by atoms with Crippen LogP contribution < -0.4 is 10.1 Å². The maximum Gasteiger partial charge on any atom is 0.347 e. The molecule has 0 saturated heterocycles. The first-order valence-corrected chi connectivity index (χ1v) is 7.33. The van der Waals surface area contributed by atoms with Crippen molar-refractivity contribution in [3.05, 3.63) is 29.6 Å². The van der Waals surface area contributed by atoms with Crippen molar-refractivity contribution in [2.75, 3.05) is 13.7 Å². The lowest BCUT2D eigenvalue weighted by Crippen LogP contribution is -2.30. The first kappa shape index (κ1) is 17.4. The minimum Gasteiger partial charge on any atom is -0.478 e. The number of rotatable bonds is 8. The highest BCUT2D eigenvalue weighted by molar-refractivity contribution is 5.75. The predicted octanol–water partition coefficient (Wildman–Crippen LogP) is 3.22. The molecule has 1 rings (SSSR count). The third-order valence-corrected chi connectivity index (χ3v) is 3.24. The lowest BCUT2D eigenvalue weighted by atomic mass is 10.1. The Morgan fingerprint density at radius 2 is 2.10 bits per heavy atom. The summed E-state index contributed by atoms with van der Waals surface area (Å²) in [6.45, 7) is 5.94. The first-order chi connectivity index (χ1) is 10.0. The van der Waals surface area contributed by atoms with E-state index in [-0.39, 0.29) is 6.04 Å². The minimum absolute atomic E-state index is 0.00919. The highest BCUT2D eigenvalue weighted by atomic mass is 19.1. The maximum absolute atomic E-state index is 13.5. The number of benzene rings is 1. The molecule has 0 aliphatic carbocycles. The average Bonchev–Trinajstić information content (AvgIpc) is 2.46. The summed E-state index contributed by atoms with van der Waals surface area (Å²) in [5, 5.41) is 3.08. The van der Waals surface area contributed by atoms with Gasteiger partial charge in [-0.1, -0.05) is 19.4 Å². The molecule has 0 saturated carbocycles. The number of carbonyl (C=O) groups excluding carboxylic acids is 1. The number of hydrogen-bond acceptors (Lipinski definition) is 4. The fourth-order valence-corrected chi connectivity index (χ4v) is 2.00. The Labute approximate surface area is 125 Å². The van der Waals surface area contributed by atoms with Crippen LogP contribution in [-0.4, -0.2) is 25.7 Å². The largest absolute Gasteiger partial charge is 0.478 e. The van der Waals surface area contributed by atoms with Crippen LogP contribution in [0.1, 0.15) is 45.2 Å². The number of ether oxygens (including phenoxy) is 2. The number of nitrogens with one attached hydrogen (secondary N) is 1. The number of carbonyl (C=O) groups is 1. The number of halogens is 1. The first-order valence-electron chi connectivity index (χ1n) is 7.33. The predicted molar refractivity (Wildman–Crippen MR) is 79.8 cm³/mol. The molecule has 4 nitrogen and oxygen atoms in total. The molecule has 5 heteroatoms. The van der Waals surface area contributed by atoms with E-state index >= 15 is 0 Å². The Hall–Kier alpha value is -1.62. The van der Waals surface area contributed by atoms with E-state index in [9.17, 15) is 9.18 Å². The van der Waals surface area contributed by atoms with Gasteiger partial charge in [-0.25, -0.2) is 9.18 Å². The highest BCUT2D eigenvalue weighted by Gasteiger charge is 2.23. The second-order valence-corrected chi connectivity index (χ2v) is 4.84. The Kier molecular flexibility index (Phi) is 7.15. The monoisotopic (exact) mass is 297 g/mol. The van der Waals surface area contributed by atoms with Crippen LogP contribution in [0.4, 0.5) is 4.39 Å². The van der Waals surface area contributed by atoms with E-state index in [4.69, 9.17) is 9.47 Å². The summed E-state index contributed by atoms with van der Waals surface area (Å²) < 4.78 is 24.2.